The highest BCUT2D eigenvalue weighted by molar-refractivity contribution is 6.35. The molecule has 0 radical (unpaired) electrons. The predicted molar refractivity (Wildman–Crippen MR) is 162 cm³/mol. The lowest BCUT2D eigenvalue weighted by Gasteiger charge is -2.20. The highest BCUT2D eigenvalue weighted by Gasteiger charge is 2.32. The Bertz CT molecular complexity index is 1810. The number of amides is 1. The average molecular weight is 589 g/mol. The maximum Gasteiger partial charge on any atom is 0.266 e. The Kier molecular flexibility index (Phi) is 7.28. The van der Waals surface area contributed by atoms with Crippen LogP contribution in [0.15, 0.2) is 64.4 Å². The zero-order chi connectivity index (χ0) is 28.7. The molecule has 0 unspecified atom stereocenters. The fraction of sp³-hybridized carbons (Fsp3) is 0.226. The molecule has 2 aliphatic rings. The molecule has 0 N–H and O–H groups in total. The first kappa shape index (κ1) is 27.1. The van der Waals surface area contributed by atoms with Gasteiger partial charge in [-0.25, -0.2) is 4.98 Å². The number of rotatable bonds is 6. The number of carbonyl (C=O) groups is 1. The van der Waals surface area contributed by atoms with E-state index < -0.39 is 0 Å². The second kappa shape index (κ2) is 11.0. The molecule has 1 amide bonds. The molecule has 0 saturated carbocycles. The summed E-state index contributed by atoms with van der Waals surface area (Å²) in [6, 6.07) is 13.8. The van der Waals surface area contributed by atoms with E-state index in [-0.39, 0.29) is 24.1 Å². The first-order chi connectivity index (χ1) is 19.8. The van der Waals surface area contributed by atoms with Gasteiger partial charge in [0.1, 0.15) is 23.9 Å². The summed E-state index contributed by atoms with van der Waals surface area (Å²) in [7, 11) is 1.58. The van der Waals surface area contributed by atoms with Crippen molar-refractivity contribution in [1.29, 1.82) is 0 Å². The van der Waals surface area contributed by atoms with Crippen molar-refractivity contribution in [1.82, 2.24) is 14.5 Å². The molecule has 1 saturated heterocycles. The molecular weight excluding hydrogens is 563 g/mol. The minimum absolute atomic E-state index is 0.0180. The van der Waals surface area contributed by atoms with Crippen molar-refractivity contribution >= 4 is 58.0 Å². The maximum absolute atomic E-state index is 13.5. The second-order valence-corrected chi connectivity index (χ2v) is 10.7. The van der Waals surface area contributed by atoms with Crippen LogP contribution in [0.1, 0.15) is 34.6 Å². The molecule has 3 aromatic carbocycles. The lowest BCUT2D eigenvalue weighted by atomic mass is 10.1. The van der Waals surface area contributed by atoms with Gasteiger partial charge in [-0.05, 0) is 74.4 Å². The topological polar surface area (TPSA) is 86.0 Å². The number of ether oxygens (including phenoxy) is 2. The van der Waals surface area contributed by atoms with Crippen molar-refractivity contribution in [3.8, 4) is 17.2 Å². The summed E-state index contributed by atoms with van der Waals surface area (Å²) in [6.45, 7) is 2.73. The molecule has 1 atom stereocenters. The third-order valence-electron chi connectivity index (χ3n) is 7.33. The lowest BCUT2D eigenvalue weighted by molar-refractivity contribution is 0.0774. The number of methoxy groups -OCH3 is 1. The first-order valence-electron chi connectivity index (χ1n) is 13.2. The molecule has 8 nitrogen and oxygen atoms in total. The van der Waals surface area contributed by atoms with E-state index in [1.807, 2.05) is 29.3 Å². The predicted octanol–water partition coefficient (Wildman–Crippen LogP) is 6.42. The number of hydrogen-bond donors (Lipinski definition) is 0. The van der Waals surface area contributed by atoms with E-state index in [9.17, 15) is 9.59 Å². The number of benzene rings is 3. The van der Waals surface area contributed by atoms with E-state index in [1.54, 1.807) is 56.5 Å². The van der Waals surface area contributed by atoms with Gasteiger partial charge in [-0.1, -0.05) is 29.3 Å². The van der Waals surface area contributed by atoms with Gasteiger partial charge in [-0.3, -0.25) is 19.1 Å². The van der Waals surface area contributed by atoms with E-state index in [0.717, 1.165) is 24.9 Å². The second-order valence-electron chi connectivity index (χ2n) is 9.89. The monoisotopic (exact) mass is 588 g/mol. The van der Waals surface area contributed by atoms with Crippen LogP contribution < -0.4 is 15.0 Å². The van der Waals surface area contributed by atoms with Gasteiger partial charge in [0.05, 0.1) is 46.0 Å². The van der Waals surface area contributed by atoms with Gasteiger partial charge in [-0.2, -0.15) is 0 Å². The fourth-order valence-corrected chi connectivity index (χ4v) is 5.81. The van der Waals surface area contributed by atoms with Crippen molar-refractivity contribution in [2.75, 3.05) is 20.3 Å². The molecule has 4 aromatic rings. The number of fused-ring (bicyclic) bond motifs is 3. The quantitative estimate of drug-likeness (QED) is 0.259. The van der Waals surface area contributed by atoms with Gasteiger partial charge < -0.3 is 14.4 Å². The molecular formula is C31H26Cl2N4O4. The van der Waals surface area contributed by atoms with Crippen LogP contribution >= 0.6 is 23.2 Å². The van der Waals surface area contributed by atoms with Crippen LogP contribution in [-0.2, 0) is 0 Å². The summed E-state index contributed by atoms with van der Waals surface area (Å²) in [5, 5.41) is 1.23. The largest absolute Gasteiger partial charge is 0.496 e. The van der Waals surface area contributed by atoms with Gasteiger partial charge >= 0.3 is 0 Å². The molecule has 1 aromatic heterocycles. The maximum atomic E-state index is 13.5. The van der Waals surface area contributed by atoms with Crippen LogP contribution in [0, 0.1) is 6.92 Å². The highest BCUT2D eigenvalue weighted by atomic mass is 35.5. The zero-order valence-electron chi connectivity index (χ0n) is 22.4. The SMILES string of the molecule is COc1cc2c(cc1/C=C\COc1ccc3nc(C)n(-c4ccc(Cl)cc4Cl)c(=O)c3c1)N=C[C@@H]1CCCN1C2=O. The molecule has 0 bridgehead atoms. The van der Waals surface area contributed by atoms with Gasteiger partial charge in [0.25, 0.3) is 11.5 Å². The molecule has 41 heavy (non-hydrogen) atoms. The molecule has 0 spiro atoms. The van der Waals surface area contributed by atoms with Crippen molar-refractivity contribution in [3.05, 3.63) is 92.0 Å². The Balaban J connectivity index is 1.24. The number of aliphatic imine (C=N–C) groups is 1. The molecule has 6 rings (SSSR count). The number of nitrogens with zero attached hydrogens (tertiary/aromatic N) is 4. The summed E-state index contributed by atoms with van der Waals surface area (Å²) < 4.78 is 13.0. The molecule has 0 aliphatic carbocycles. The Morgan fingerprint density at radius 1 is 1.10 bits per heavy atom. The van der Waals surface area contributed by atoms with E-state index in [4.69, 9.17) is 32.7 Å². The Labute approximate surface area is 246 Å². The Morgan fingerprint density at radius 3 is 2.76 bits per heavy atom. The number of carbonyl (C=O) groups excluding carboxylic acids is 1. The standard InChI is InChI=1S/C31H26Cl2N4O4/c1-18-35-26-9-8-22(15-23(26)31(39)37(18)28-10-7-20(32)14-25(28)33)41-12-4-5-19-13-27-24(16-29(19)40-2)30(38)36-11-3-6-21(36)17-34-27/h4-5,7-10,13-17,21H,3,6,11-12H2,1-2H3/b5-4-/t21-/m0/s1. The minimum Gasteiger partial charge on any atom is -0.496 e. The Hall–Kier alpha value is -4.14. The summed E-state index contributed by atoms with van der Waals surface area (Å²) in [5.41, 5.74) is 2.75. The van der Waals surface area contributed by atoms with Gasteiger partial charge in [0, 0.05) is 23.3 Å². The van der Waals surface area contributed by atoms with Crippen molar-refractivity contribution in [3.63, 3.8) is 0 Å². The zero-order valence-corrected chi connectivity index (χ0v) is 23.9. The van der Waals surface area contributed by atoms with Crippen LogP contribution in [0.2, 0.25) is 10.0 Å². The van der Waals surface area contributed by atoms with E-state index in [1.165, 1.54) is 4.57 Å². The smallest absolute Gasteiger partial charge is 0.266 e. The molecule has 2 aliphatic heterocycles. The summed E-state index contributed by atoms with van der Waals surface area (Å²) >= 11 is 12.4. The minimum atomic E-state index is -0.261. The lowest BCUT2D eigenvalue weighted by Crippen LogP contribution is -2.35. The van der Waals surface area contributed by atoms with Crippen molar-refractivity contribution in [2.45, 2.75) is 25.8 Å². The first-order valence-corrected chi connectivity index (χ1v) is 13.9. The number of halogens is 2. The molecule has 208 valence electrons. The van der Waals surface area contributed by atoms with E-state index in [2.05, 4.69) is 9.98 Å². The van der Waals surface area contributed by atoms with E-state index >= 15 is 0 Å². The average Bonchev–Trinajstić information content (AvgIpc) is 3.39. The molecule has 3 heterocycles. The van der Waals surface area contributed by atoms with Crippen LogP contribution in [-0.4, -0.2) is 52.9 Å². The fourth-order valence-electron chi connectivity index (χ4n) is 5.32. The van der Waals surface area contributed by atoms with Crippen LogP contribution in [0.5, 0.6) is 11.5 Å². The van der Waals surface area contributed by atoms with Gasteiger partial charge in [0.15, 0.2) is 0 Å². The Morgan fingerprint density at radius 2 is 1.95 bits per heavy atom. The third-order valence-corrected chi connectivity index (χ3v) is 7.86. The summed E-state index contributed by atoms with van der Waals surface area (Å²) in [5.74, 6) is 1.58. The number of hydrogen-bond acceptors (Lipinski definition) is 6. The van der Waals surface area contributed by atoms with Crippen LogP contribution in [0.3, 0.4) is 0 Å². The van der Waals surface area contributed by atoms with Gasteiger partial charge in [0.2, 0.25) is 0 Å². The normalized spacial score (nSPS) is 16.2. The number of aryl methyl sites for hydroxylation is 1. The highest BCUT2D eigenvalue weighted by Crippen LogP contribution is 2.34. The van der Waals surface area contributed by atoms with Gasteiger partial charge in [-0.15, -0.1) is 0 Å². The third kappa shape index (κ3) is 5.09. The van der Waals surface area contributed by atoms with Crippen molar-refractivity contribution < 1.29 is 14.3 Å². The molecule has 10 heteroatoms. The van der Waals surface area contributed by atoms with Crippen LogP contribution in [0.4, 0.5) is 5.69 Å². The van der Waals surface area contributed by atoms with E-state index in [0.29, 0.717) is 55.2 Å². The summed E-state index contributed by atoms with van der Waals surface area (Å²) in [6.07, 6.45) is 7.49. The number of aromatic nitrogens is 2. The van der Waals surface area contributed by atoms with Crippen molar-refractivity contribution in [2.24, 2.45) is 4.99 Å². The van der Waals surface area contributed by atoms with Crippen LogP contribution in [0.25, 0.3) is 22.7 Å². The summed E-state index contributed by atoms with van der Waals surface area (Å²) in [4.78, 5) is 37.6. The molecule has 1 fully saturated rings.